The lowest BCUT2D eigenvalue weighted by Crippen LogP contribution is -2.30. The quantitative estimate of drug-likeness (QED) is 0.889. The van der Waals surface area contributed by atoms with Crippen LogP contribution in [0.2, 0.25) is 0 Å². The predicted molar refractivity (Wildman–Crippen MR) is 96.3 cm³/mol. The molecule has 1 atom stereocenters. The van der Waals surface area contributed by atoms with Crippen molar-refractivity contribution in [1.29, 1.82) is 0 Å². The Balaban J connectivity index is 1.69. The fourth-order valence-corrected chi connectivity index (χ4v) is 3.71. The van der Waals surface area contributed by atoms with E-state index in [1.165, 1.54) is 24.3 Å². The lowest BCUT2D eigenvalue weighted by molar-refractivity contribution is 0.573. The Morgan fingerprint density at radius 2 is 1.91 bits per heavy atom. The SMILES string of the molecule is CC(C)c1nc(C(C)Nc2cc(N3CCCCC3)ncn2)cs1. The number of thiazole rings is 1. The van der Waals surface area contributed by atoms with Gasteiger partial charge in [-0.1, -0.05) is 13.8 Å². The highest BCUT2D eigenvalue weighted by Crippen LogP contribution is 2.25. The molecule has 23 heavy (non-hydrogen) atoms. The van der Waals surface area contributed by atoms with Crippen molar-refractivity contribution < 1.29 is 0 Å². The van der Waals surface area contributed by atoms with Crippen molar-refractivity contribution in [3.8, 4) is 0 Å². The summed E-state index contributed by atoms with van der Waals surface area (Å²) in [5.41, 5.74) is 1.08. The zero-order valence-corrected chi connectivity index (χ0v) is 14.9. The van der Waals surface area contributed by atoms with E-state index in [0.717, 1.165) is 30.4 Å². The van der Waals surface area contributed by atoms with Crippen LogP contribution in [0.5, 0.6) is 0 Å². The summed E-state index contributed by atoms with van der Waals surface area (Å²) in [4.78, 5) is 15.9. The fourth-order valence-electron chi connectivity index (χ4n) is 2.78. The van der Waals surface area contributed by atoms with E-state index in [1.807, 2.05) is 0 Å². The molecular formula is C17H25N5S. The third-order valence-electron chi connectivity index (χ3n) is 4.17. The Morgan fingerprint density at radius 3 is 2.61 bits per heavy atom. The van der Waals surface area contributed by atoms with Crippen molar-refractivity contribution in [3.05, 3.63) is 28.5 Å². The van der Waals surface area contributed by atoms with Crippen LogP contribution < -0.4 is 10.2 Å². The van der Waals surface area contributed by atoms with Crippen LogP contribution in [0.1, 0.15) is 62.7 Å². The van der Waals surface area contributed by atoms with E-state index in [2.05, 4.69) is 52.4 Å². The van der Waals surface area contributed by atoms with Crippen molar-refractivity contribution in [2.75, 3.05) is 23.3 Å². The van der Waals surface area contributed by atoms with Gasteiger partial charge in [0.05, 0.1) is 16.7 Å². The van der Waals surface area contributed by atoms with Gasteiger partial charge in [-0.3, -0.25) is 0 Å². The molecule has 0 bridgehead atoms. The largest absolute Gasteiger partial charge is 0.362 e. The van der Waals surface area contributed by atoms with Gasteiger partial charge in [-0.2, -0.15) is 0 Å². The maximum atomic E-state index is 4.72. The van der Waals surface area contributed by atoms with Crippen LogP contribution >= 0.6 is 11.3 Å². The van der Waals surface area contributed by atoms with Crippen molar-refractivity contribution >= 4 is 23.0 Å². The van der Waals surface area contributed by atoms with Gasteiger partial charge < -0.3 is 10.2 Å². The molecule has 124 valence electrons. The van der Waals surface area contributed by atoms with E-state index in [-0.39, 0.29) is 6.04 Å². The minimum Gasteiger partial charge on any atom is -0.362 e. The molecule has 0 amide bonds. The first-order valence-corrected chi connectivity index (χ1v) is 9.30. The Labute approximate surface area is 142 Å². The fraction of sp³-hybridized carbons (Fsp3) is 0.588. The van der Waals surface area contributed by atoms with Gasteiger partial charge in [0.2, 0.25) is 0 Å². The van der Waals surface area contributed by atoms with Crippen molar-refractivity contribution in [1.82, 2.24) is 15.0 Å². The van der Waals surface area contributed by atoms with E-state index in [0.29, 0.717) is 5.92 Å². The monoisotopic (exact) mass is 331 g/mol. The molecule has 2 aromatic rings. The smallest absolute Gasteiger partial charge is 0.134 e. The van der Waals surface area contributed by atoms with Gasteiger partial charge in [0, 0.05) is 30.5 Å². The molecule has 3 heterocycles. The van der Waals surface area contributed by atoms with Gasteiger partial charge >= 0.3 is 0 Å². The number of rotatable bonds is 5. The highest BCUT2D eigenvalue weighted by atomic mass is 32.1. The molecule has 6 heteroatoms. The van der Waals surface area contributed by atoms with Crippen molar-refractivity contribution in [2.24, 2.45) is 0 Å². The zero-order valence-electron chi connectivity index (χ0n) is 14.1. The Kier molecular flexibility index (Phi) is 5.10. The summed E-state index contributed by atoms with van der Waals surface area (Å²) in [6.07, 6.45) is 5.48. The van der Waals surface area contributed by atoms with E-state index in [9.17, 15) is 0 Å². The third-order valence-corrected chi connectivity index (χ3v) is 5.34. The van der Waals surface area contributed by atoms with Gasteiger partial charge in [-0.25, -0.2) is 15.0 Å². The summed E-state index contributed by atoms with van der Waals surface area (Å²) >= 11 is 1.73. The highest BCUT2D eigenvalue weighted by molar-refractivity contribution is 7.09. The molecule has 1 N–H and O–H groups in total. The van der Waals surface area contributed by atoms with Gasteiger partial charge in [0.25, 0.3) is 0 Å². The topological polar surface area (TPSA) is 53.9 Å². The van der Waals surface area contributed by atoms with Crippen LogP contribution in [0.15, 0.2) is 17.8 Å². The molecule has 1 aliphatic heterocycles. The molecule has 2 aromatic heterocycles. The summed E-state index contributed by atoms with van der Waals surface area (Å²) in [6, 6.07) is 2.19. The summed E-state index contributed by atoms with van der Waals surface area (Å²) in [6.45, 7) is 8.67. The normalized spacial score (nSPS) is 16.6. The molecule has 0 spiro atoms. The molecule has 1 saturated heterocycles. The van der Waals surface area contributed by atoms with E-state index in [4.69, 9.17) is 4.98 Å². The first kappa shape index (κ1) is 16.2. The second-order valence-corrected chi connectivity index (χ2v) is 7.33. The van der Waals surface area contributed by atoms with E-state index >= 15 is 0 Å². The van der Waals surface area contributed by atoms with Gasteiger partial charge in [-0.05, 0) is 26.2 Å². The minimum absolute atomic E-state index is 0.142. The summed E-state index contributed by atoms with van der Waals surface area (Å²) < 4.78 is 0. The second-order valence-electron chi connectivity index (χ2n) is 6.44. The number of nitrogens with one attached hydrogen (secondary N) is 1. The third kappa shape index (κ3) is 3.99. The van der Waals surface area contributed by atoms with Crippen LogP contribution in [-0.4, -0.2) is 28.0 Å². The van der Waals surface area contributed by atoms with E-state index < -0.39 is 0 Å². The number of hydrogen-bond acceptors (Lipinski definition) is 6. The molecule has 0 aliphatic carbocycles. The van der Waals surface area contributed by atoms with E-state index in [1.54, 1.807) is 17.7 Å². The zero-order chi connectivity index (χ0) is 16.2. The average molecular weight is 331 g/mol. The lowest BCUT2D eigenvalue weighted by atomic mass is 10.1. The molecule has 1 fully saturated rings. The number of aromatic nitrogens is 3. The Hall–Kier alpha value is -1.69. The molecule has 1 unspecified atom stereocenters. The summed E-state index contributed by atoms with van der Waals surface area (Å²) in [5.74, 6) is 2.37. The number of hydrogen-bond donors (Lipinski definition) is 1. The Bertz CT molecular complexity index is 633. The average Bonchev–Trinajstić information content (AvgIpc) is 3.06. The lowest BCUT2D eigenvalue weighted by Gasteiger charge is -2.27. The van der Waals surface area contributed by atoms with Crippen LogP contribution in [0.4, 0.5) is 11.6 Å². The number of anilines is 2. The van der Waals surface area contributed by atoms with Crippen LogP contribution in [-0.2, 0) is 0 Å². The number of piperidine rings is 1. The highest BCUT2D eigenvalue weighted by Gasteiger charge is 2.15. The van der Waals surface area contributed by atoms with Crippen molar-refractivity contribution in [3.63, 3.8) is 0 Å². The summed E-state index contributed by atoms with van der Waals surface area (Å²) in [7, 11) is 0. The molecule has 0 radical (unpaired) electrons. The van der Waals surface area contributed by atoms with Crippen LogP contribution in [0.25, 0.3) is 0 Å². The van der Waals surface area contributed by atoms with Crippen molar-refractivity contribution in [2.45, 2.75) is 52.0 Å². The first-order valence-electron chi connectivity index (χ1n) is 8.42. The number of nitrogens with zero attached hydrogens (tertiary/aromatic N) is 4. The Morgan fingerprint density at radius 1 is 1.13 bits per heavy atom. The molecule has 1 aliphatic rings. The molecular weight excluding hydrogens is 306 g/mol. The van der Waals surface area contributed by atoms with Crippen LogP contribution in [0.3, 0.4) is 0 Å². The van der Waals surface area contributed by atoms with Gasteiger partial charge in [0.1, 0.15) is 18.0 Å². The second kappa shape index (κ2) is 7.25. The van der Waals surface area contributed by atoms with Gasteiger partial charge in [-0.15, -0.1) is 11.3 Å². The maximum absolute atomic E-state index is 4.72. The molecule has 0 aromatic carbocycles. The first-order chi connectivity index (χ1) is 11.1. The predicted octanol–water partition coefficient (Wildman–Crippen LogP) is 4.22. The minimum atomic E-state index is 0.142. The molecule has 0 saturated carbocycles. The summed E-state index contributed by atoms with van der Waals surface area (Å²) in [5, 5.41) is 6.78. The molecule has 5 nitrogen and oxygen atoms in total. The standard InChI is InChI=1S/C17H25N5S/c1-12(2)17-21-14(10-23-17)13(3)20-15-9-16(19-11-18-15)22-7-5-4-6-8-22/h9-13H,4-8H2,1-3H3,(H,18,19,20). The van der Waals surface area contributed by atoms with Gasteiger partial charge in [0.15, 0.2) is 0 Å². The van der Waals surface area contributed by atoms with Crippen LogP contribution in [0, 0.1) is 0 Å². The maximum Gasteiger partial charge on any atom is 0.134 e. The molecule has 3 rings (SSSR count).